The number of rotatable bonds is 7. The SMILES string of the molecule is C=C(CCC)CCCNC(=C)C. The number of hydrogen-bond acceptors (Lipinski definition) is 1. The fourth-order valence-electron chi connectivity index (χ4n) is 1.12. The van der Waals surface area contributed by atoms with E-state index >= 15 is 0 Å². The molecule has 0 aromatic heterocycles. The average Bonchev–Trinajstić information content (AvgIpc) is 1.98. The van der Waals surface area contributed by atoms with Crippen LogP contribution >= 0.6 is 0 Å². The van der Waals surface area contributed by atoms with E-state index in [0.717, 1.165) is 18.7 Å². The largest absolute Gasteiger partial charge is 0.389 e. The molecule has 1 heteroatoms. The summed E-state index contributed by atoms with van der Waals surface area (Å²) in [7, 11) is 0. The van der Waals surface area contributed by atoms with Crippen LogP contribution in [0, 0.1) is 0 Å². The van der Waals surface area contributed by atoms with Gasteiger partial charge in [0.2, 0.25) is 0 Å². The molecule has 0 aromatic rings. The van der Waals surface area contributed by atoms with Crippen LogP contribution in [0.1, 0.15) is 39.5 Å². The van der Waals surface area contributed by atoms with Gasteiger partial charge in [0.05, 0.1) is 0 Å². The van der Waals surface area contributed by atoms with E-state index in [1.54, 1.807) is 0 Å². The molecule has 0 fully saturated rings. The second-order valence-electron chi connectivity index (χ2n) is 3.31. The third kappa shape index (κ3) is 7.39. The smallest absolute Gasteiger partial charge is 0.0146 e. The molecule has 0 rings (SSSR count). The molecule has 0 spiro atoms. The monoisotopic (exact) mass is 167 g/mol. The maximum absolute atomic E-state index is 4.01. The first-order valence-corrected chi connectivity index (χ1v) is 4.72. The Kier molecular flexibility index (Phi) is 6.54. The minimum Gasteiger partial charge on any atom is -0.389 e. The lowest BCUT2D eigenvalue weighted by molar-refractivity contribution is 0.703. The Labute approximate surface area is 76.6 Å². The molecule has 0 saturated carbocycles. The van der Waals surface area contributed by atoms with Crippen LogP contribution in [-0.2, 0) is 0 Å². The first-order valence-electron chi connectivity index (χ1n) is 4.72. The fraction of sp³-hybridized carbons (Fsp3) is 0.636. The van der Waals surface area contributed by atoms with Gasteiger partial charge >= 0.3 is 0 Å². The summed E-state index contributed by atoms with van der Waals surface area (Å²) in [4.78, 5) is 0. The molecule has 0 bridgehead atoms. The van der Waals surface area contributed by atoms with Gasteiger partial charge in [-0.3, -0.25) is 0 Å². The topological polar surface area (TPSA) is 12.0 Å². The Morgan fingerprint density at radius 1 is 1.25 bits per heavy atom. The first-order chi connectivity index (χ1) is 5.66. The van der Waals surface area contributed by atoms with Gasteiger partial charge in [-0.05, 0) is 26.2 Å². The summed E-state index contributed by atoms with van der Waals surface area (Å²) < 4.78 is 0. The minimum atomic E-state index is 1.03. The summed E-state index contributed by atoms with van der Waals surface area (Å²) in [6, 6.07) is 0. The zero-order chi connectivity index (χ0) is 9.40. The first kappa shape index (κ1) is 11.3. The van der Waals surface area contributed by atoms with Crippen LogP contribution in [0.4, 0.5) is 0 Å². The third-order valence-electron chi connectivity index (χ3n) is 1.74. The summed E-state index contributed by atoms with van der Waals surface area (Å²) in [5, 5.41) is 3.21. The van der Waals surface area contributed by atoms with Crippen molar-refractivity contribution in [2.75, 3.05) is 6.54 Å². The molecule has 0 amide bonds. The number of hydrogen-bond donors (Lipinski definition) is 1. The Morgan fingerprint density at radius 2 is 1.92 bits per heavy atom. The van der Waals surface area contributed by atoms with Gasteiger partial charge in [-0.1, -0.05) is 32.1 Å². The van der Waals surface area contributed by atoms with Crippen molar-refractivity contribution in [3.8, 4) is 0 Å². The van der Waals surface area contributed by atoms with Gasteiger partial charge in [0.1, 0.15) is 0 Å². The summed E-state index contributed by atoms with van der Waals surface area (Å²) in [6.45, 7) is 13.0. The molecule has 1 N–H and O–H groups in total. The van der Waals surface area contributed by atoms with Crippen LogP contribution in [-0.4, -0.2) is 6.54 Å². The molecule has 0 aromatic carbocycles. The van der Waals surface area contributed by atoms with Gasteiger partial charge in [0.25, 0.3) is 0 Å². The van der Waals surface area contributed by atoms with Crippen molar-refractivity contribution in [3.63, 3.8) is 0 Å². The molecule has 0 heterocycles. The normalized spacial score (nSPS) is 9.50. The zero-order valence-electron chi connectivity index (χ0n) is 8.45. The van der Waals surface area contributed by atoms with Crippen LogP contribution in [0.15, 0.2) is 24.4 Å². The van der Waals surface area contributed by atoms with Crippen molar-refractivity contribution >= 4 is 0 Å². The summed E-state index contributed by atoms with van der Waals surface area (Å²) in [5.74, 6) is 0. The molecule has 12 heavy (non-hydrogen) atoms. The third-order valence-corrected chi connectivity index (χ3v) is 1.74. The van der Waals surface area contributed by atoms with E-state index in [-0.39, 0.29) is 0 Å². The Bertz CT molecular complexity index is 147. The van der Waals surface area contributed by atoms with Gasteiger partial charge in [-0.25, -0.2) is 0 Å². The van der Waals surface area contributed by atoms with E-state index in [4.69, 9.17) is 0 Å². The van der Waals surface area contributed by atoms with Crippen molar-refractivity contribution in [1.82, 2.24) is 5.32 Å². The van der Waals surface area contributed by atoms with Gasteiger partial charge < -0.3 is 5.32 Å². The van der Waals surface area contributed by atoms with Crippen LogP contribution in [0.2, 0.25) is 0 Å². The Balaban J connectivity index is 3.19. The summed E-state index contributed by atoms with van der Waals surface area (Å²) in [6.07, 6.45) is 4.71. The average molecular weight is 167 g/mol. The van der Waals surface area contributed by atoms with Gasteiger partial charge in [-0.2, -0.15) is 0 Å². The van der Waals surface area contributed by atoms with E-state index < -0.39 is 0 Å². The van der Waals surface area contributed by atoms with E-state index in [1.807, 2.05) is 6.92 Å². The number of allylic oxidation sites excluding steroid dienone is 2. The predicted molar refractivity (Wildman–Crippen MR) is 56.1 cm³/mol. The lowest BCUT2D eigenvalue weighted by Gasteiger charge is -2.06. The molecular weight excluding hydrogens is 146 g/mol. The van der Waals surface area contributed by atoms with E-state index in [2.05, 4.69) is 25.4 Å². The van der Waals surface area contributed by atoms with Crippen LogP contribution in [0.3, 0.4) is 0 Å². The van der Waals surface area contributed by atoms with E-state index in [1.165, 1.54) is 24.8 Å². The number of nitrogens with one attached hydrogen (secondary N) is 1. The standard InChI is InChI=1S/C11H21N/c1-5-7-11(4)8-6-9-12-10(2)3/h12H,2,4-9H2,1,3H3. The van der Waals surface area contributed by atoms with Crippen molar-refractivity contribution in [1.29, 1.82) is 0 Å². The Hall–Kier alpha value is -0.720. The maximum Gasteiger partial charge on any atom is 0.0146 e. The second-order valence-corrected chi connectivity index (χ2v) is 3.31. The molecule has 0 aliphatic carbocycles. The van der Waals surface area contributed by atoms with Gasteiger partial charge in [-0.15, -0.1) is 0 Å². The summed E-state index contributed by atoms with van der Waals surface area (Å²) in [5.41, 5.74) is 2.43. The van der Waals surface area contributed by atoms with Crippen molar-refractivity contribution in [3.05, 3.63) is 24.4 Å². The van der Waals surface area contributed by atoms with Crippen molar-refractivity contribution < 1.29 is 0 Å². The highest BCUT2D eigenvalue weighted by Crippen LogP contribution is 2.08. The van der Waals surface area contributed by atoms with Gasteiger partial charge in [0.15, 0.2) is 0 Å². The van der Waals surface area contributed by atoms with Crippen LogP contribution in [0.25, 0.3) is 0 Å². The zero-order valence-corrected chi connectivity index (χ0v) is 8.45. The highest BCUT2D eigenvalue weighted by Gasteiger charge is 1.92. The lowest BCUT2D eigenvalue weighted by atomic mass is 10.1. The molecule has 0 aliphatic heterocycles. The lowest BCUT2D eigenvalue weighted by Crippen LogP contribution is -2.11. The molecule has 0 radical (unpaired) electrons. The van der Waals surface area contributed by atoms with Crippen LogP contribution in [0.5, 0.6) is 0 Å². The second kappa shape index (κ2) is 6.96. The summed E-state index contributed by atoms with van der Waals surface area (Å²) >= 11 is 0. The Morgan fingerprint density at radius 3 is 2.42 bits per heavy atom. The highest BCUT2D eigenvalue weighted by molar-refractivity contribution is 4.93. The maximum atomic E-state index is 4.01. The molecule has 0 unspecified atom stereocenters. The molecule has 0 aliphatic rings. The van der Waals surface area contributed by atoms with E-state index in [0.29, 0.717) is 0 Å². The molecule has 0 atom stereocenters. The van der Waals surface area contributed by atoms with E-state index in [9.17, 15) is 0 Å². The quantitative estimate of drug-likeness (QED) is 0.453. The highest BCUT2D eigenvalue weighted by atomic mass is 14.9. The molecule has 0 saturated heterocycles. The predicted octanol–water partition coefficient (Wildman–Crippen LogP) is 3.25. The molecule has 70 valence electrons. The molecular formula is C11H21N. The minimum absolute atomic E-state index is 1.03. The van der Waals surface area contributed by atoms with Crippen LogP contribution < -0.4 is 5.32 Å². The van der Waals surface area contributed by atoms with Crippen molar-refractivity contribution in [2.45, 2.75) is 39.5 Å². The molecule has 1 nitrogen and oxygen atoms in total. The fourth-order valence-corrected chi connectivity index (χ4v) is 1.12. The van der Waals surface area contributed by atoms with Gasteiger partial charge in [0, 0.05) is 12.2 Å². The van der Waals surface area contributed by atoms with Crippen molar-refractivity contribution in [2.24, 2.45) is 0 Å².